The molecule has 134 valence electrons. The van der Waals surface area contributed by atoms with Crippen LogP contribution >= 0.6 is 11.3 Å². The number of rotatable bonds is 12. The second kappa shape index (κ2) is 11.0. The summed E-state index contributed by atoms with van der Waals surface area (Å²) in [5.41, 5.74) is 3.45. The van der Waals surface area contributed by atoms with Crippen molar-refractivity contribution in [3.8, 4) is 0 Å². The van der Waals surface area contributed by atoms with Gasteiger partial charge in [0.05, 0.1) is 18.1 Å². The Morgan fingerprint density at radius 1 is 1.42 bits per heavy atom. The summed E-state index contributed by atoms with van der Waals surface area (Å²) in [4.78, 5) is 29.5. The summed E-state index contributed by atoms with van der Waals surface area (Å²) < 4.78 is 0. The quantitative estimate of drug-likeness (QED) is 0.231. The van der Waals surface area contributed by atoms with E-state index in [9.17, 15) is 9.59 Å². The fourth-order valence-electron chi connectivity index (χ4n) is 2.04. The highest BCUT2D eigenvalue weighted by Gasteiger charge is 2.15. The first-order valence-corrected chi connectivity index (χ1v) is 8.96. The van der Waals surface area contributed by atoms with E-state index < -0.39 is 5.97 Å². The first-order chi connectivity index (χ1) is 11.5. The van der Waals surface area contributed by atoms with E-state index in [0.29, 0.717) is 36.7 Å². The van der Waals surface area contributed by atoms with Gasteiger partial charge >= 0.3 is 5.97 Å². The molecule has 6 nitrogen and oxygen atoms in total. The van der Waals surface area contributed by atoms with Crippen LogP contribution in [0.5, 0.6) is 0 Å². The molecule has 0 bridgehead atoms. The number of allylic oxidation sites excluding steroid dienone is 2. The molecule has 0 amide bonds. The number of hydrogen-bond donors (Lipinski definition) is 3. The van der Waals surface area contributed by atoms with Gasteiger partial charge in [0, 0.05) is 18.0 Å². The van der Waals surface area contributed by atoms with Gasteiger partial charge in [-0.25, -0.2) is 0 Å². The highest BCUT2D eigenvalue weighted by atomic mass is 32.1. The van der Waals surface area contributed by atoms with E-state index in [1.54, 1.807) is 13.0 Å². The van der Waals surface area contributed by atoms with Gasteiger partial charge in [0.1, 0.15) is 5.00 Å². The summed E-state index contributed by atoms with van der Waals surface area (Å²) in [6.45, 7) is 7.01. The van der Waals surface area contributed by atoms with Gasteiger partial charge in [-0.1, -0.05) is 19.9 Å². The molecule has 0 spiro atoms. The summed E-state index contributed by atoms with van der Waals surface area (Å²) in [5, 5.41) is 12.7. The summed E-state index contributed by atoms with van der Waals surface area (Å²) in [7, 11) is 0. The fourth-order valence-corrected chi connectivity index (χ4v) is 2.99. The van der Waals surface area contributed by atoms with Crippen LogP contribution in [-0.4, -0.2) is 36.6 Å². The van der Waals surface area contributed by atoms with Crippen molar-refractivity contribution in [1.29, 1.82) is 0 Å². The molecule has 1 atom stereocenters. The lowest BCUT2D eigenvalue weighted by Crippen LogP contribution is -2.30. The molecule has 0 aliphatic heterocycles. The average molecular weight is 354 g/mol. The SMILES string of the molecule is C/C=C/C(=O)c1cc(CC)sc1NOCCNCC(CC)C(=O)O. The number of carboxylic acid groups (broad SMARTS) is 1. The minimum atomic E-state index is -0.790. The maximum atomic E-state index is 12.1. The highest BCUT2D eigenvalue weighted by molar-refractivity contribution is 7.16. The first-order valence-electron chi connectivity index (χ1n) is 8.14. The molecule has 0 aromatic carbocycles. The van der Waals surface area contributed by atoms with Gasteiger partial charge in [-0.05, 0) is 31.9 Å². The van der Waals surface area contributed by atoms with Gasteiger partial charge in [0.25, 0.3) is 0 Å². The Morgan fingerprint density at radius 2 is 2.17 bits per heavy atom. The van der Waals surface area contributed by atoms with Crippen LogP contribution in [0.2, 0.25) is 0 Å². The molecule has 1 rings (SSSR count). The summed E-state index contributed by atoms with van der Waals surface area (Å²) in [6.07, 6.45) is 4.70. The van der Waals surface area contributed by atoms with Crippen LogP contribution in [0.1, 0.15) is 42.4 Å². The van der Waals surface area contributed by atoms with Crippen molar-refractivity contribution in [3.05, 3.63) is 28.7 Å². The van der Waals surface area contributed by atoms with E-state index in [2.05, 4.69) is 10.8 Å². The number of nitrogens with one attached hydrogen (secondary N) is 2. The Labute approximate surface area is 146 Å². The highest BCUT2D eigenvalue weighted by Crippen LogP contribution is 2.29. The third-order valence-corrected chi connectivity index (χ3v) is 4.67. The Bertz CT molecular complexity index is 569. The maximum Gasteiger partial charge on any atom is 0.307 e. The molecule has 1 unspecified atom stereocenters. The van der Waals surface area contributed by atoms with E-state index in [1.807, 2.05) is 19.9 Å². The third kappa shape index (κ3) is 6.43. The molecule has 24 heavy (non-hydrogen) atoms. The molecule has 7 heteroatoms. The van der Waals surface area contributed by atoms with Gasteiger partial charge in [-0.2, -0.15) is 0 Å². The van der Waals surface area contributed by atoms with Gasteiger partial charge in [-0.15, -0.1) is 11.3 Å². The monoisotopic (exact) mass is 354 g/mol. The standard InChI is InChI=1S/C17H26N2O4S/c1-4-7-15(20)14-10-13(6-3)24-16(14)19-23-9-8-18-11-12(5-2)17(21)22/h4,7,10,12,18-19H,5-6,8-9,11H2,1-3H3,(H,21,22)/b7-4+. The molecule has 0 aliphatic carbocycles. The van der Waals surface area contributed by atoms with Crippen LogP contribution in [0.3, 0.4) is 0 Å². The largest absolute Gasteiger partial charge is 0.481 e. The van der Waals surface area contributed by atoms with E-state index in [0.717, 1.165) is 11.3 Å². The zero-order chi connectivity index (χ0) is 17.9. The number of carbonyl (C=O) groups excluding carboxylic acids is 1. The summed E-state index contributed by atoms with van der Waals surface area (Å²) in [5.74, 6) is -1.22. The number of carbonyl (C=O) groups is 2. The first kappa shape index (κ1) is 20.3. The summed E-state index contributed by atoms with van der Waals surface area (Å²) >= 11 is 1.50. The van der Waals surface area contributed by atoms with Crippen molar-refractivity contribution in [2.45, 2.75) is 33.6 Å². The molecular weight excluding hydrogens is 328 g/mol. The van der Waals surface area contributed by atoms with Crippen LogP contribution in [-0.2, 0) is 16.1 Å². The normalized spacial score (nSPS) is 12.5. The van der Waals surface area contributed by atoms with Gasteiger partial charge < -0.3 is 10.4 Å². The molecule has 1 heterocycles. The second-order valence-electron chi connectivity index (χ2n) is 5.27. The molecule has 0 saturated carbocycles. The van der Waals surface area contributed by atoms with Crippen molar-refractivity contribution in [2.75, 3.05) is 25.2 Å². The maximum absolute atomic E-state index is 12.1. The molecule has 0 fully saturated rings. The number of thiophene rings is 1. The van der Waals surface area contributed by atoms with Crippen LogP contribution in [0.4, 0.5) is 5.00 Å². The van der Waals surface area contributed by atoms with Crippen LogP contribution < -0.4 is 10.8 Å². The topological polar surface area (TPSA) is 87.7 Å². The lowest BCUT2D eigenvalue weighted by atomic mass is 10.1. The zero-order valence-electron chi connectivity index (χ0n) is 14.4. The molecule has 3 N–H and O–H groups in total. The van der Waals surface area contributed by atoms with Gasteiger partial charge in [-0.3, -0.25) is 19.9 Å². The molecule has 0 aliphatic rings. The predicted octanol–water partition coefficient (Wildman–Crippen LogP) is 3.11. The molecule has 0 radical (unpaired) electrons. The smallest absolute Gasteiger partial charge is 0.307 e. The zero-order valence-corrected chi connectivity index (χ0v) is 15.2. The Balaban J connectivity index is 2.43. The molecule has 1 aromatic rings. The molecule has 0 saturated heterocycles. The van der Waals surface area contributed by atoms with Crippen molar-refractivity contribution >= 4 is 28.1 Å². The van der Waals surface area contributed by atoms with E-state index in [-0.39, 0.29) is 11.7 Å². The van der Waals surface area contributed by atoms with Crippen LogP contribution in [0.25, 0.3) is 0 Å². The number of aliphatic carboxylic acids is 1. The van der Waals surface area contributed by atoms with Crippen molar-refractivity contribution in [1.82, 2.24) is 5.32 Å². The molecule has 1 aromatic heterocycles. The van der Waals surface area contributed by atoms with Crippen molar-refractivity contribution in [2.24, 2.45) is 5.92 Å². The average Bonchev–Trinajstić information content (AvgIpc) is 2.97. The van der Waals surface area contributed by atoms with Crippen LogP contribution in [0.15, 0.2) is 18.2 Å². The van der Waals surface area contributed by atoms with E-state index in [1.165, 1.54) is 17.4 Å². The Hall–Kier alpha value is -1.70. The predicted molar refractivity (Wildman–Crippen MR) is 96.7 cm³/mol. The number of anilines is 1. The second-order valence-corrected chi connectivity index (χ2v) is 6.41. The van der Waals surface area contributed by atoms with Gasteiger partial charge in [0.15, 0.2) is 5.78 Å². The molecular formula is C17H26N2O4S. The van der Waals surface area contributed by atoms with Crippen molar-refractivity contribution in [3.63, 3.8) is 0 Å². The summed E-state index contributed by atoms with van der Waals surface area (Å²) in [6, 6.07) is 1.88. The van der Waals surface area contributed by atoms with Crippen molar-refractivity contribution < 1.29 is 19.5 Å². The number of carboxylic acids is 1. The van der Waals surface area contributed by atoms with E-state index >= 15 is 0 Å². The number of aryl methyl sites for hydroxylation is 1. The third-order valence-electron chi connectivity index (χ3n) is 3.49. The Morgan fingerprint density at radius 3 is 2.75 bits per heavy atom. The van der Waals surface area contributed by atoms with Crippen LogP contribution in [0, 0.1) is 5.92 Å². The number of hydrogen-bond acceptors (Lipinski definition) is 6. The minimum absolute atomic E-state index is 0.0510. The lowest BCUT2D eigenvalue weighted by Gasteiger charge is -2.11. The van der Waals surface area contributed by atoms with Gasteiger partial charge in [0.2, 0.25) is 0 Å². The van der Waals surface area contributed by atoms with E-state index in [4.69, 9.17) is 9.94 Å². The lowest BCUT2D eigenvalue weighted by molar-refractivity contribution is -0.141. The Kier molecular flexibility index (Phi) is 9.29. The number of ketones is 1. The fraction of sp³-hybridized carbons (Fsp3) is 0.529. The minimum Gasteiger partial charge on any atom is -0.481 e.